The number of halogens is 4. The summed E-state index contributed by atoms with van der Waals surface area (Å²) in [6, 6.07) is 21.4. The van der Waals surface area contributed by atoms with Gasteiger partial charge in [-0.15, -0.1) is 5.10 Å². The Morgan fingerprint density at radius 2 is 1.76 bits per heavy atom. The molecule has 3 aromatic carbocycles. The molecule has 2 atom stereocenters. The number of anilines is 2. The lowest BCUT2D eigenvalue weighted by atomic mass is 10.00. The van der Waals surface area contributed by atoms with E-state index in [1.54, 1.807) is 30.3 Å². The van der Waals surface area contributed by atoms with Crippen LogP contribution < -0.4 is 10.6 Å². The van der Waals surface area contributed by atoms with Crippen molar-refractivity contribution in [1.82, 2.24) is 20.0 Å². The van der Waals surface area contributed by atoms with Crippen molar-refractivity contribution in [3.8, 4) is 12.1 Å². The summed E-state index contributed by atoms with van der Waals surface area (Å²) in [5.74, 6) is 0. The minimum Gasteiger partial charge on any atom is -0.377 e. The second kappa shape index (κ2) is 11.8. The topological polar surface area (TPSA) is 115 Å². The standard InChI is InChI=1S/C33H26ClF3N8/c1-2-27(20-8-4-3-5-9-20)42-30-22(17-39)18-40-29-21(16-38)14-23(15-25(29)30)41-31(24-10-6-7-11-26(24)34)28-19-45(44-43-28)32(12-13-32)33(35,36)37/h3-11,14-15,18-19,27,31,41H,2,12-13H2,1H3,(H,40,42)/t27-,31-/m1/s1/i31D. The summed E-state index contributed by atoms with van der Waals surface area (Å²) in [6.45, 7) is 2.00. The molecule has 1 aliphatic carbocycles. The first kappa shape index (κ1) is 28.6. The van der Waals surface area contributed by atoms with E-state index < -0.39 is 17.7 Å². The molecule has 12 heteroatoms. The molecule has 8 nitrogen and oxygen atoms in total. The fraction of sp³-hybridized carbons (Fsp3) is 0.242. The van der Waals surface area contributed by atoms with Gasteiger partial charge in [0.25, 0.3) is 0 Å². The Bertz CT molecular complexity index is 2010. The maximum absolute atomic E-state index is 13.9. The van der Waals surface area contributed by atoms with Crippen LogP contribution >= 0.6 is 11.6 Å². The van der Waals surface area contributed by atoms with Crippen LogP contribution in [0.5, 0.6) is 0 Å². The van der Waals surface area contributed by atoms with E-state index in [4.69, 9.17) is 11.6 Å². The second-order valence-electron chi connectivity index (χ2n) is 10.8. The zero-order valence-corrected chi connectivity index (χ0v) is 24.7. The Hall–Kier alpha value is -5.13. The lowest BCUT2D eigenvalue weighted by Crippen LogP contribution is -2.35. The molecule has 1 aliphatic rings. The molecule has 5 aromatic rings. The quantitative estimate of drug-likeness (QED) is 0.170. The van der Waals surface area contributed by atoms with E-state index in [-0.39, 0.29) is 52.0 Å². The Morgan fingerprint density at radius 3 is 2.40 bits per heavy atom. The van der Waals surface area contributed by atoms with Crippen LogP contribution in [0.3, 0.4) is 0 Å². The van der Waals surface area contributed by atoms with E-state index in [0.717, 1.165) is 16.4 Å². The van der Waals surface area contributed by atoms with Crippen molar-refractivity contribution in [3.63, 3.8) is 0 Å². The normalized spacial score (nSPS) is 16.1. The molecule has 0 amide bonds. The van der Waals surface area contributed by atoms with Crippen molar-refractivity contribution < 1.29 is 14.5 Å². The minimum atomic E-state index is -4.55. The van der Waals surface area contributed by atoms with Crippen LogP contribution in [0.4, 0.5) is 24.5 Å². The summed E-state index contributed by atoms with van der Waals surface area (Å²) in [5, 5.41) is 35.1. The number of rotatable bonds is 9. The van der Waals surface area contributed by atoms with Crippen molar-refractivity contribution in [2.24, 2.45) is 0 Å². The van der Waals surface area contributed by atoms with Crippen LogP contribution in [0.25, 0.3) is 10.9 Å². The highest BCUT2D eigenvalue weighted by atomic mass is 35.5. The highest BCUT2D eigenvalue weighted by molar-refractivity contribution is 6.31. The summed E-state index contributed by atoms with van der Waals surface area (Å²) in [7, 11) is 0. The van der Waals surface area contributed by atoms with Crippen molar-refractivity contribution in [2.75, 3.05) is 10.6 Å². The molecule has 0 bridgehead atoms. The van der Waals surface area contributed by atoms with Gasteiger partial charge in [-0.05, 0) is 48.6 Å². The molecular formula is C33H26ClF3N8. The minimum absolute atomic E-state index is 0.132. The predicted octanol–water partition coefficient (Wildman–Crippen LogP) is 8.04. The maximum Gasteiger partial charge on any atom is 0.413 e. The van der Waals surface area contributed by atoms with E-state index in [1.807, 2.05) is 37.3 Å². The van der Waals surface area contributed by atoms with E-state index in [9.17, 15) is 25.1 Å². The van der Waals surface area contributed by atoms with Crippen LogP contribution in [0, 0.1) is 22.7 Å². The van der Waals surface area contributed by atoms with Gasteiger partial charge in [0.15, 0.2) is 5.54 Å². The molecule has 2 heterocycles. The molecule has 45 heavy (non-hydrogen) atoms. The summed E-state index contributed by atoms with van der Waals surface area (Å²) in [4.78, 5) is 4.40. The zero-order chi connectivity index (χ0) is 32.7. The van der Waals surface area contributed by atoms with Gasteiger partial charge in [0.2, 0.25) is 0 Å². The molecule has 2 aromatic heterocycles. The van der Waals surface area contributed by atoms with Gasteiger partial charge in [-0.25, -0.2) is 4.68 Å². The third-order valence-electron chi connectivity index (χ3n) is 7.99. The number of benzene rings is 3. The average molecular weight is 628 g/mol. The molecule has 0 unspecified atom stereocenters. The predicted molar refractivity (Wildman–Crippen MR) is 164 cm³/mol. The molecule has 0 radical (unpaired) electrons. The zero-order valence-electron chi connectivity index (χ0n) is 24.9. The van der Waals surface area contributed by atoms with E-state index in [2.05, 4.69) is 38.1 Å². The number of alkyl halides is 3. The average Bonchev–Trinajstić information content (AvgIpc) is 3.73. The van der Waals surface area contributed by atoms with Crippen LogP contribution in [0.1, 0.15) is 67.6 Å². The van der Waals surface area contributed by atoms with Gasteiger partial charge in [-0.3, -0.25) is 4.98 Å². The van der Waals surface area contributed by atoms with Crippen LogP contribution in [0.15, 0.2) is 79.1 Å². The van der Waals surface area contributed by atoms with Gasteiger partial charge in [0.1, 0.15) is 17.8 Å². The van der Waals surface area contributed by atoms with Gasteiger partial charge in [-0.1, -0.05) is 72.3 Å². The largest absolute Gasteiger partial charge is 0.413 e. The van der Waals surface area contributed by atoms with Crippen LogP contribution in [0.2, 0.25) is 5.02 Å². The van der Waals surface area contributed by atoms with Gasteiger partial charge in [-0.2, -0.15) is 23.7 Å². The number of hydrogen-bond donors (Lipinski definition) is 2. The lowest BCUT2D eigenvalue weighted by Gasteiger charge is -2.23. The van der Waals surface area contributed by atoms with Crippen LogP contribution in [-0.4, -0.2) is 26.2 Å². The SMILES string of the molecule is [2H][C@](Nc1cc(C#N)c2ncc(C#N)c(N[C@H](CC)c3ccccc3)c2c1)(c1cn(C2(C(F)(F)F)CC2)nn1)c1ccccc1Cl. The van der Waals surface area contributed by atoms with E-state index >= 15 is 0 Å². The molecule has 0 aliphatic heterocycles. The molecule has 6 rings (SSSR count). The number of hydrogen-bond acceptors (Lipinski definition) is 7. The number of nitrogens with zero attached hydrogens (tertiary/aromatic N) is 6. The number of aromatic nitrogens is 4. The summed E-state index contributed by atoms with van der Waals surface area (Å²) >= 11 is 6.55. The number of nitriles is 2. The van der Waals surface area contributed by atoms with Crippen molar-refractivity contribution in [2.45, 2.75) is 50.0 Å². The van der Waals surface area contributed by atoms with Gasteiger partial charge >= 0.3 is 6.18 Å². The number of fused-ring (bicyclic) bond motifs is 1. The summed E-state index contributed by atoms with van der Waals surface area (Å²) < 4.78 is 52.2. The Kier molecular flexibility index (Phi) is 7.48. The first-order valence-corrected chi connectivity index (χ1v) is 14.5. The Labute approximate surface area is 263 Å². The molecule has 1 saturated carbocycles. The first-order valence-electron chi connectivity index (χ1n) is 14.7. The van der Waals surface area contributed by atoms with Crippen molar-refractivity contribution in [3.05, 3.63) is 112 Å². The molecule has 1 fully saturated rings. The van der Waals surface area contributed by atoms with Crippen LogP contribution in [-0.2, 0) is 5.54 Å². The fourth-order valence-corrected chi connectivity index (χ4v) is 5.64. The molecule has 2 N–H and O–H groups in total. The van der Waals surface area contributed by atoms with Gasteiger partial charge in [0.05, 0.1) is 42.0 Å². The maximum atomic E-state index is 13.9. The van der Waals surface area contributed by atoms with Gasteiger partial charge < -0.3 is 10.6 Å². The van der Waals surface area contributed by atoms with E-state index in [1.165, 1.54) is 12.3 Å². The smallest absolute Gasteiger partial charge is 0.377 e. The first-order chi connectivity index (χ1) is 22.0. The monoisotopic (exact) mass is 627 g/mol. The lowest BCUT2D eigenvalue weighted by molar-refractivity contribution is -0.182. The molecular weight excluding hydrogens is 601 g/mol. The molecule has 226 valence electrons. The van der Waals surface area contributed by atoms with E-state index in [0.29, 0.717) is 23.0 Å². The third-order valence-corrected chi connectivity index (χ3v) is 8.32. The Morgan fingerprint density at radius 1 is 1.04 bits per heavy atom. The number of pyridine rings is 1. The third kappa shape index (κ3) is 5.52. The summed E-state index contributed by atoms with van der Waals surface area (Å²) in [6.07, 6.45) is -1.65. The second-order valence-corrected chi connectivity index (χ2v) is 11.2. The molecule has 0 saturated heterocycles. The highest BCUT2D eigenvalue weighted by Gasteiger charge is 2.66. The van der Waals surface area contributed by atoms with Gasteiger partial charge in [0, 0.05) is 22.3 Å². The Balaban J connectivity index is 1.50. The fourth-order valence-electron chi connectivity index (χ4n) is 5.41. The summed E-state index contributed by atoms with van der Waals surface area (Å²) in [5.41, 5.74) is 0.316. The molecule has 0 spiro atoms. The van der Waals surface area contributed by atoms with Crippen molar-refractivity contribution in [1.29, 1.82) is 10.5 Å². The van der Waals surface area contributed by atoms with Crippen molar-refractivity contribution >= 4 is 33.9 Å². The highest BCUT2D eigenvalue weighted by Crippen LogP contribution is 2.55. The number of nitrogens with one attached hydrogen (secondary N) is 2.